The fourth-order valence-electron chi connectivity index (χ4n) is 2.40. The molecule has 114 valence electrons. The Morgan fingerprint density at radius 1 is 0.727 bits per heavy atom. The van der Waals surface area contributed by atoms with Gasteiger partial charge in [0.05, 0.1) is 9.85 Å². The molecule has 0 aliphatic carbocycles. The Balaban J connectivity index is 2.57. The van der Waals surface area contributed by atoms with Crippen molar-refractivity contribution in [1.29, 1.82) is 0 Å². The van der Waals surface area contributed by atoms with Crippen LogP contribution in [-0.4, -0.2) is 16.0 Å². The first kappa shape index (κ1) is 15.6. The standard InChI is InChI=1S/C16H16N2O4/c1-11-3-7-13(8-4-11)15(16(17(19)20)18(21)22)14-9-5-12(2)6-10-14/h3-10,15-16H,1-2H3. The summed E-state index contributed by atoms with van der Waals surface area (Å²) in [6.45, 7) is 3.78. The summed E-state index contributed by atoms with van der Waals surface area (Å²) in [5, 5.41) is 22.5. The largest absolute Gasteiger partial charge is 0.461 e. The molecule has 0 aliphatic heterocycles. The predicted octanol–water partition coefficient (Wildman–Crippen LogP) is 3.31. The van der Waals surface area contributed by atoms with E-state index in [0.29, 0.717) is 11.1 Å². The molecule has 0 fully saturated rings. The van der Waals surface area contributed by atoms with E-state index in [1.54, 1.807) is 48.5 Å². The Hall–Kier alpha value is -2.76. The molecule has 0 saturated carbocycles. The van der Waals surface area contributed by atoms with Crippen LogP contribution in [0, 0.1) is 34.1 Å². The van der Waals surface area contributed by atoms with E-state index in [-0.39, 0.29) is 0 Å². The molecule has 0 N–H and O–H groups in total. The van der Waals surface area contributed by atoms with Crippen LogP contribution >= 0.6 is 0 Å². The summed E-state index contributed by atoms with van der Waals surface area (Å²) < 4.78 is 0. The number of nitrogens with zero attached hydrogens (tertiary/aromatic N) is 2. The molecular weight excluding hydrogens is 284 g/mol. The van der Waals surface area contributed by atoms with Crippen LogP contribution in [-0.2, 0) is 0 Å². The van der Waals surface area contributed by atoms with Crippen LogP contribution in [0.3, 0.4) is 0 Å². The maximum atomic E-state index is 11.2. The molecule has 0 saturated heterocycles. The van der Waals surface area contributed by atoms with Crippen LogP contribution in [0.1, 0.15) is 28.2 Å². The van der Waals surface area contributed by atoms with Crippen molar-refractivity contribution >= 4 is 0 Å². The van der Waals surface area contributed by atoms with Gasteiger partial charge < -0.3 is 0 Å². The SMILES string of the molecule is Cc1ccc(C(c2ccc(C)cc2)C([N+](=O)[O-])[N+](=O)[O-])cc1. The first-order valence-electron chi connectivity index (χ1n) is 6.80. The number of nitro groups is 2. The molecule has 0 unspecified atom stereocenters. The lowest BCUT2D eigenvalue weighted by atomic mass is 9.88. The summed E-state index contributed by atoms with van der Waals surface area (Å²) in [4.78, 5) is 20.8. The molecule has 0 spiro atoms. The third-order valence-corrected chi connectivity index (χ3v) is 3.60. The van der Waals surface area contributed by atoms with E-state index in [1.165, 1.54) is 0 Å². The Morgan fingerprint density at radius 3 is 1.32 bits per heavy atom. The maximum Gasteiger partial charge on any atom is 0.461 e. The lowest BCUT2D eigenvalue weighted by Gasteiger charge is -2.17. The van der Waals surface area contributed by atoms with E-state index in [0.717, 1.165) is 11.1 Å². The maximum absolute atomic E-state index is 11.2. The molecule has 2 aromatic rings. The number of benzene rings is 2. The lowest BCUT2D eigenvalue weighted by Crippen LogP contribution is -2.35. The second-order valence-corrected chi connectivity index (χ2v) is 5.28. The van der Waals surface area contributed by atoms with Crippen LogP contribution in [0.15, 0.2) is 48.5 Å². The van der Waals surface area contributed by atoms with Crippen molar-refractivity contribution in [2.45, 2.75) is 25.9 Å². The van der Waals surface area contributed by atoms with Gasteiger partial charge in [0, 0.05) is 0 Å². The highest BCUT2D eigenvalue weighted by molar-refractivity contribution is 5.35. The molecule has 0 atom stereocenters. The first-order valence-corrected chi connectivity index (χ1v) is 6.80. The third kappa shape index (κ3) is 3.28. The number of rotatable bonds is 5. The molecule has 2 rings (SSSR count). The van der Waals surface area contributed by atoms with Gasteiger partial charge in [0.25, 0.3) is 0 Å². The van der Waals surface area contributed by atoms with Crippen molar-refractivity contribution in [3.8, 4) is 0 Å². The zero-order chi connectivity index (χ0) is 16.3. The monoisotopic (exact) mass is 300 g/mol. The average Bonchev–Trinajstić information content (AvgIpc) is 2.46. The van der Waals surface area contributed by atoms with Crippen molar-refractivity contribution in [3.05, 3.63) is 91.0 Å². The Morgan fingerprint density at radius 2 is 1.05 bits per heavy atom. The van der Waals surface area contributed by atoms with Gasteiger partial charge in [0.1, 0.15) is 5.92 Å². The van der Waals surface area contributed by atoms with E-state index in [2.05, 4.69) is 0 Å². The molecule has 0 radical (unpaired) electrons. The minimum atomic E-state index is -1.91. The van der Waals surface area contributed by atoms with Gasteiger partial charge in [-0.2, -0.15) is 0 Å². The highest BCUT2D eigenvalue weighted by atomic mass is 16.7. The van der Waals surface area contributed by atoms with E-state index in [4.69, 9.17) is 0 Å². The summed E-state index contributed by atoms with van der Waals surface area (Å²) in [5.74, 6) is -0.925. The topological polar surface area (TPSA) is 86.3 Å². The smallest absolute Gasteiger partial charge is 0.259 e. The highest BCUT2D eigenvalue weighted by Gasteiger charge is 2.44. The van der Waals surface area contributed by atoms with Gasteiger partial charge in [0.2, 0.25) is 0 Å². The molecule has 0 amide bonds. The van der Waals surface area contributed by atoms with Crippen LogP contribution < -0.4 is 0 Å². The minimum absolute atomic E-state index is 0.563. The van der Waals surface area contributed by atoms with Crippen molar-refractivity contribution in [2.24, 2.45) is 0 Å². The summed E-state index contributed by atoms with van der Waals surface area (Å²) in [7, 11) is 0. The van der Waals surface area contributed by atoms with Crippen LogP contribution in [0.5, 0.6) is 0 Å². The highest BCUT2D eigenvalue weighted by Crippen LogP contribution is 2.30. The lowest BCUT2D eigenvalue weighted by molar-refractivity contribution is -0.744. The minimum Gasteiger partial charge on any atom is -0.259 e. The fourth-order valence-corrected chi connectivity index (χ4v) is 2.40. The molecule has 22 heavy (non-hydrogen) atoms. The Bertz CT molecular complexity index is 621. The molecule has 0 aliphatic rings. The van der Waals surface area contributed by atoms with Gasteiger partial charge in [-0.15, -0.1) is 0 Å². The predicted molar refractivity (Wildman–Crippen MR) is 82.0 cm³/mol. The summed E-state index contributed by atoms with van der Waals surface area (Å²) >= 11 is 0. The quantitative estimate of drug-likeness (QED) is 0.481. The molecule has 6 heteroatoms. The fraction of sp³-hybridized carbons (Fsp3) is 0.250. The van der Waals surface area contributed by atoms with Crippen LogP contribution in [0.4, 0.5) is 0 Å². The number of aryl methyl sites for hydroxylation is 2. The van der Waals surface area contributed by atoms with Crippen molar-refractivity contribution < 1.29 is 9.85 Å². The van der Waals surface area contributed by atoms with Gasteiger partial charge in [-0.1, -0.05) is 59.7 Å². The van der Waals surface area contributed by atoms with Crippen molar-refractivity contribution in [3.63, 3.8) is 0 Å². The number of hydrogen-bond donors (Lipinski definition) is 0. The van der Waals surface area contributed by atoms with E-state index < -0.39 is 21.9 Å². The molecule has 0 heterocycles. The zero-order valence-corrected chi connectivity index (χ0v) is 12.3. The third-order valence-electron chi connectivity index (χ3n) is 3.60. The van der Waals surface area contributed by atoms with E-state index in [1.807, 2.05) is 13.8 Å². The van der Waals surface area contributed by atoms with Gasteiger partial charge in [-0.25, -0.2) is 0 Å². The molecule has 6 nitrogen and oxygen atoms in total. The summed E-state index contributed by atoms with van der Waals surface area (Å²) in [6, 6.07) is 14.0. The Labute approximate surface area is 127 Å². The second-order valence-electron chi connectivity index (χ2n) is 5.28. The zero-order valence-electron chi connectivity index (χ0n) is 12.3. The normalized spacial score (nSPS) is 10.9. The molecule has 0 bridgehead atoms. The van der Waals surface area contributed by atoms with Gasteiger partial charge in [-0.3, -0.25) is 20.2 Å². The summed E-state index contributed by atoms with van der Waals surface area (Å²) in [6.07, 6.45) is -1.91. The molecule has 2 aromatic carbocycles. The molecule has 0 aromatic heterocycles. The van der Waals surface area contributed by atoms with Gasteiger partial charge in [0.15, 0.2) is 0 Å². The van der Waals surface area contributed by atoms with Gasteiger partial charge in [-0.05, 0) is 25.0 Å². The number of hydrogen-bond acceptors (Lipinski definition) is 4. The first-order chi connectivity index (χ1) is 10.4. The Kier molecular flexibility index (Phi) is 4.50. The summed E-state index contributed by atoms with van der Waals surface area (Å²) in [5.41, 5.74) is 3.11. The van der Waals surface area contributed by atoms with E-state index in [9.17, 15) is 20.2 Å². The second kappa shape index (κ2) is 6.34. The van der Waals surface area contributed by atoms with Crippen LogP contribution in [0.25, 0.3) is 0 Å². The average molecular weight is 300 g/mol. The van der Waals surface area contributed by atoms with E-state index >= 15 is 0 Å². The van der Waals surface area contributed by atoms with Crippen molar-refractivity contribution in [2.75, 3.05) is 0 Å². The van der Waals surface area contributed by atoms with Gasteiger partial charge >= 0.3 is 6.17 Å². The van der Waals surface area contributed by atoms with Crippen molar-refractivity contribution in [1.82, 2.24) is 0 Å². The molecular formula is C16H16N2O4. The van der Waals surface area contributed by atoms with Crippen LogP contribution in [0.2, 0.25) is 0 Å².